The molecule has 1 aliphatic heterocycles. The van der Waals surface area contributed by atoms with E-state index in [4.69, 9.17) is 4.74 Å². The average Bonchev–Trinajstić information content (AvgIpc) is 2.65. The Morgan fingerprint density at radius 2 is 1.89 bits per heavy atom. The Kier molecular flexibility index (Phi) is 2.21. The lowest BCUT2D eigenvalue weighted by atomic mass is 9.49. The second-order valence-corrected chi connectivity index (χ2v) is 6.40. The number of hydrogen-bond acceptors (Lipinski definition) is 2. The summed E-state index contributed by atoms with van der Waals surface area (Å²) < 4.78 is 5.49. The van der Waals surface area contributed by atoms with Crippen molar-refractivity contribution in [3.05, 3.63) is 41.0 Å². The minimum absolute atomic E-state index is 0.181. The van der Waals surface area contributed by atoms with Crippen molar-refractivity contribution in [1.29, 1.82) is 0 Å². The van der Waals surface area contributed by atoms with E-state index in [9.17, 15) is 4.79 Å². The van der Waals surface area contributed by atoms with Crippen LogP contribution in [0, 0.1) is 11.3 Å². The SMILES string of the molecule is CCC1CC2(CC(=C3OC(=O)c4ccccc43)C2)C1. The Labute approximate surface area is 113 Å². The highest BCUT2D eigenvalue weighted by atomic mass is 16.5. The summed E-state index contributed by atoms with van der Waals surface area (Å²) in [6, 6.07) is 7.74. The molecule has 0 N–H and O–H groups in total. The molecule has 0 aromatic heterocycles. The van der Waals surface area contributed by atoms with Gasteiger partial charge in [0.15, 0.2) is 0 Å². The first-order valence-corrected chi connectivity index (χ1v) is 7.24. The van der Waals surface area contributed by atoms with Crippen LogP contribution in [-0.2, 0) is 4.74 Å². The largest absolute Gasteiger partial charge is 0.422 e. The van der Waals surface area contributed by atoms with Crippen LogP contribution in [0.1, 0.15) is 54.9 Å². The zero-order chi connectivity index (χ0) is 13.0. The quantitative estimate of drug-likeness (QED) is 0.703. The standard InChI is InChI=1S/C17H18O2/c1-2-11-7-17(8-11)9-12(10-17)15-13-5-3-4-6-14(13)16(18)19-15/h3-6,11H,2,7-10H2,1H3. The van der Waals surface area contributed by atoms with E-state index in [1.165, 1.54) is 24.8 Å². The van der Waals surface area contributed by atoms with Crippen molar-refractivity contribution in [2.75, 3.05) is 0 Å². The molecule has 0 saturated heterocycles. The molecule has 0 unspecified atom stereocenters. The van der Waals surface area contributed by atoms with E-state index < -0.39 is 0 Å². The van der Waals surface area contributed by atoms with Gasteiger partial charge in [0.1, 0.15) is 5.76 Å². The minimum atomic E-state index is -0.181. The van der Waals surface area contributed by atoms with Gasteiger partial charge in [0, 0.05) is 5.56 Å². The van der Waals surface area contributed by atoms with Crippen molar-refractivity contribution in [1.82, 2.24) is 0 Å². The first-order valence-electron chi connectivity index (χ1n) is 7.24. The lowest BCUT2D eigenvalue weighted by Crippen LogP contribution is -2.44. The summed E-state index contributed by atoms with van der Waals surface area (Å²) >= 11 is 0. The number of esters is 1. The van der Waals surface area contributed by atoms with Gasteiger partial charge in [-0.25, -0.2) is 4.79 Å². The highest BCUT2D eigenvalue weighted by Gasteiger charge is 2.51. The van der Waals surface area contributed by atoms with Crippen LogP contribution in [0.25, 0.3) is 5.76 Å². The van der Waals surface area contributed by atoms with E-state index in [0.717, 1.165) is 35.6 Å². The number of cyclic esters (lactones) is 1. The molecule has 1 spiro atoms. The monoisotopic (exact) mass is 254 g/mol. The third-order valence-electron chi connectivity index (χ3n) is 5.10. The first kappa shape index (κ1) is 11.3. The Hall–Kier alpha value is -1.57. The zero-order valence-corrected chi connectivity index (χ0v) is 11.2. The van der Waals surface area contributed by atoms with Gasteiger partial charge < -0.3 is 4.74 Å². The summed E-state index contributed by atoms with van der Waals surface area (Å²) in [6.45, 7) is 2.28. The normalized spacial score (nSPS) is 31.8. The van der Waals surface area contributed by atoms with Gasteiger partial charge in [-0.1, -0.05) is 31.5 Å². The molecule has 2 aliphatic carbocycles. The van der Waals surface area contributed by atoms with E-state index in [2.05, 4.69) is 6.92 Å². The maximum absolute atomic E-state index is 11.8. The van der Waals surface area contributed by atoms with E-state index in [1.807, 2.05) is 24.3 Å². The van der Waals surface area contributed by atoms with E-state index in [-0.39, 0.29) is 5.97 Å². The van der Waals surface area contributed by atoms with E-state index >= 15 is 0 Å². The van der Waals surface area contributed by atoms with Gasteiger partial charge in [-0.3, -0.25) is 0 Å². The molecule has 0 radical (unpaired) electrons. The first-order chi connectivity index (χ1) is 9.21. The number of fused-ring (bicyclic) bond motifs is 1. The Bertz CT molecular complexity index is 581. The highest BCUT2D eigenvalue weighted by Crippen LogP contribution is 2.63. The van der Waals surface area contributed by atoms with E-state index in [0.29, 0.717) is 5.41 Å². The van der Waals surface area contributed by atoms with Gasteiger partial charge in [0.05, 0.1) is 5.56 Å². The lowest BCUT2D eigenvalue weighted by Gasteiger charge is -2.55. The Balaban J connectivity index is 1.60. The maximum Gasteiger partial charge on any atom is 0.344 e. The molecular weight excluding hydrogens is 236 g/mol. The van der Waals surface area contributed by atoms with Gasteiger partial charge in [-0.2, -0.15) is 0 Å². The lowest BCUT2D eigenvalue weighted by molar-refractivity contribution is 0.0109. The summed E-state index contributed by atoms with van der Waals surface area (Å²) in [5.74, 6) is 1.62. The Morgan fingerprint density at radius 1 is 1.21 bits per heavy atom. The number of rotatable bonds is 1. The molecule has 0 atom stereocenters. The van der Waals surface area contributed by atoms with Crippen LogP contribution in [0.2, 0.25) is 0 Å². The highest BCUT2D eigenvalue weighted by molar-refractivity contribution is 6.03. The second-order valence-electron chi connectivity index (χ2n) is 6.40. The second kappa shape index (κ2) is 3.72. The predicted molar refractivity (Wildman–Crippen MR) is 73.5 cm³/mol. The fourth-order valence-corrected chi connectivity index (χ4v) is 4.08. The molecule has 2 saturated carbocycles. The molecule has 98 valence electrons. The molecule has 2 fully saturated rings. The molecule has 3 aliphatic rings. The van der Waals surface area contributed by atoms with Crippen LogP contribution in [0.5, 0.6) is 0 Å². The van der Waals surface area contributed by atoms with Crippen molar-refractivity contribution in [2.24, 2.45) is 11.3 Å². The number of benzene rings is 1. The molecule has 0 bridgehead atoms. The van der Waals surface area contributed by atoms with E-state index in [1.54, 1.807) is 0 Å². The number of hydrogen-bond donors (Lipinski definition) is 0. The van der Waals surface area contributed by atoms with Crippen LogP contribution in [-0.4, -0.2) is 5.97 Å². The molecular formula is C17H18O2. The third-order valence-corrected chi connectivity index (χ3v) is 5.10. The number of carbonyl (C=O) groups excluding carboxylic acids is 1. The van der Waals surface area contributed by atoms with Crippen molar-refractivity contribution >= 4 is 11.7 Å². The summed E-state index contributed by atoms with van der Waals surface area (Å²) in [5.41, 5.74) is 3.65. The molecule has 1 heterocycles. The Morgan fingerprint density at radius 3 is 2.58 bits per heavy atom. The number of allylic oxidation sites excluding steroid dienone is 1. The smallest absolute Gasteiger partial charge is 0.344 e. The van der Waals surface area contributed by atoms with Crippen LogP contribution in [0.4, 0.5) is 0 Å². The molecule has 2 heteroatoms. The summed E-state index contributed by atoms with van der Waals surface area (Å²) in [7, 11) is 0. The van der Waals surface area contributed by atoms with Gasteiger partial charge in [-0.15, -0.1) is 0 Å². The van der Waals surface area contributed by atoms with Gasteiger partial charge in [-0.05, 0) is 48.7 Å². The molecule has 19 heavy (non-hydrogen) atoms. The molecule has 1 aromatic rings. The van der Waals surface area contributed by atoms with Crippen molar-refractivity contribution < 1.29 is 9.53 Å². The fourth-order valence-electron chi connectivity index (χ4n) is 4.08. The van der Waals surface area contributed by atoms with Crippen LogP contribution < -0.4 is 0 Å². The third kappa shape index (κ3) is 1.52. The molecule has 2 nitrogen and oxygen atoms in total. The molecule has 4 rings (SSSR count). The van der Waals surface area contributed by atoms with Gasteiger partial charge >= 0.3 is 5.97 Å². The average molecular weight is 254 g/mol. The summed E-state index contributed by atoms with van der Waals surface area (Å²) in [6.07, 6.45) is 6.33. The van der Waals surface area contributed by atoms with Crippen LogP contribution in [0.15, 0.2) is 29.8 Å². The topological polar surface area (TPSA) is 26.3 Å². The van der Waals surface area contributed by atoms with Crippen molar-refractivity contribution in [3.8, 4) is 0 Å². The number of carbonyl (C=O) groups is 1. The van der Waals surface area contributed by atoms with Gasteiger partial charge in [0.2, 0.25) is 0 Å². The minimum Gasteiger partial charge on any atom is -0.422 e. The zero-order valence-electron chi connectivity index (χ0n) is 11.2. The summed E-state index contributed by atoms with van der Waals surface area (Å²) in [5, 5.41) is 0. The molecule has 1 aromatic carbocycles. The summed E-state index contributed by atoms with van der Waals surface area (Å²) in [4.78, 5) is 11.8. The van der Waals surface area contributed by atoms with Crippen molar-refractivity contribution in [2.45, 2.75) is 39.0 Å². The van der Waals surface area contributed by atoms with Crippen LogP contribution in [0.3, 0.4) is 0 Å². The predicted octanol–water partition coefficient (Wildman–Crippen LogP) is 4.17. The van der Waals surface area contributed by atoms with Crippen LogP contribution >= 0.6 is 0 Å². The number of ether oxygens (including phenoxy) is 1. The molecule has 0 amide bonds. The fraction of sp³-hybridized carbons (Fsp3) is 0.471. The van der Waals surface area contributed by atoms with Gasteiger partial charge in [0.25, 0.3) is 0 Å². The van der Waals surface area contributed by atoms with Crippen molar-refractivity contribution in [3.63, 3.8) is 0 Å². The maximum atomic E-state index is 11.8.